The van der Waals surface area contributed by atoms with Crippen LogP contribution in [0.4, 0.5) is 13.2 Å². The lowest BCUT2D eigenvalue weighted by atomic mass is 10.2. The second-order valence-electron chi connectivity index (χ2n) is 3.11. The van der Waals surface area contributed by atoms with Crippen molar-refractivity contribution in [2.24, 2.45) is 5.73 Å². The first-order chi connectivity index (χ1) is 6.79. The van der Waals surface area contributed by atoms with Crippen LogP contribution in [0.2, 0.25) is 0 Å². The number of aliphatic hydroxyl groups excluding tert-OH is 1. The van der Waals surface area contributed by atoms with Crippen LogP contribution in [0.25, 0.3) is 0 Å². The summed E-state index contributed by atoms with van der Waals surface area (Å²) >= 11 is 0. The minimum Gasteiger partial charge on any atom is -0.391 e. The summed E-state index contributed by atoms with van der Waals surface area (Å²) in [5.74, 6) is -0.696. The second kappa shape index (κ2) is 4.15. The van der Waals surface area contributed by atoms with Crippen molar-refractivity contribution in [2.45, 2.75) is 31.7 Å². The molecule has 2 atom stereocenters. The summed E-state index contributed by atoms with van der Waals surface area (Å²) in [6, 6.07) is -0.973. The van der Waals surface area contributed by atoms with E-state index >= 15 is 0 Å². The number of rotatable bonds is 3. The molecular weight excluding hydrogens is 215 g/mol. The summed E-state index contributed by atoms with van der Waals surface area (Å²) in [5, 5.41) is 12.1. The number of alkyl halides is 3. The molecule has 0 aromatic carbocycles. The smallest absolute Gasteiger partial charge is 0.391 e. The highest BCUT2D eigenvalue weighted by molar-refractivity contribution is 4.94. The second-order valence-corrected chi connectivity index (χ2v) is 3.11. The molecule has 5 nitrogen and oxygen atoms in total. The number of aromatic nitrogens is 2. The van der Waals surface area contributed by atoms with E-state index in [1.807, 2.05) is 0 Å². The van der Waals surface area contributed by atoms with Crippen LogP contribution in [0, 0.1) is 0 Å². The molecule has 0 saturated carbocycles. The summed E-state index contributed by atoms with van der Waals surface area (Å²) in [6.45, 7) is 1.37. The molecule has 1 aromatic rings. The van der Waals surface area contributed by atoms with Crippen molar-refractivity contribution in [3.05, 3.63) is 11.7 Å². The third-order valence-corrected chi connectivity index (χ3v) is 1.65. The summed E-state index contributed by atoms with van der Waals surface area (Å²) in [7, 11) is 0. The maximum atomic E-state index is 11.9. The van der Waals surface area contributed by atoms with Gasteiger partial charge < -0.3 is 15.4 Å². The Morgan fingerprint density at radius 1 is 1.53 bits per heavy atom. The van der Waals surface area contributed by atoms with Gasteiger partial charge in [-0.3, -0.25) is 0 Å². The molecule has 0 saturated heterocycles. The Bertz CT molecular complexity index is 324. The van der Waals surface area contributed by atoms with E-state index in [2.05, 4.69) is 14.7 Å². The highest BCUT2D eigenvalue weighted by atomic mass is 19.4. The van der Waals surface area contributed by atoms with Gasteiger partial charge in [0.2, 0.25) is 5.89 Å². The van der Waals surface area contributed by atoms with Crippen LogP contribution in [0.15, 0.2) is 4.52 Å². The van der Waals surface area contributed by atoms with Crippen LogP contribution in [0.5, 0.6) is 0 Å². The predicted molar refractivity (Wildman–Crippen MR) is 42.7 cm³/mol. The third kappa shape index (κ3) is 3.48. The molecule has 0 bridgehead atoms. The fourth-order valence-corrected chi connectivity index (χ4v) is 0.860. The number of aliphatic hydroxyl groups is 1. The van der Waals surface area contributed by atoms with Gasteiger partial charge in [-0.25, -0.2) is 0 Å². The number of hydrogen-bond acceptors (Lipinski definition) is 5. The van der Waals surface area contributed by atoms with Gasteiger partial charge in [0.1, 0.15) is 12.5 Å². The largest absolute Gasteiger partial charge is 0.396 e. The highest BCUT2D eigenvalue weighted by Gasteiger charge is 2.31. The highest BCUT2D eigenvalue weighted by Crippen LogP contribution is 2.20. The average Bonchev–Trinajstić information content (AvgIpc) is 2.48. The van der Waals surface area contributed by atoms with E-state index < -0.39 is 30.6 Å². The maximum absolute atomic E-state index is 11.9. The van der Waals surface area contributed by atoms with E-state index in [1.54, 1.807) is 0 Å². The monoisotopic (exact) mass is 225 g/mol. The molecule has 0 spiro atoms. The van der Waals surface area contributed by atoms with E-state index in [9.17, 15) is 13.2 Å². The molecule has 8 heteroatoms. The van der Waals surface area contributed by atoms with Gasteiger partial charge in [0.05, 0.1) is 6.10 Å². The Hall–Kier alpha value is -1.15. The van der Waals surface area contributed by atoms with Crippen LogP contribution >= 0.6 is 0 Å². The number of halogens is 3. The lowest BCUT2D eigenvalue weighted by Crippen LogP contribution is -2.23. The molecule has 2 unspecified atom stereocenters. The van der Waals surface area contributed by atoms with Crippen molar-refractivity contribution in [1.29, 1.82) is 0 Å². The number of nitrogens with two attached hydrogens (primary N) is 1. The van der Waals surface area contributed by atoms with Gasteiger partial charge in [-0.15, -0.1) is 0 Å². The molecule has 0 aliphatic heterocycles. The first kappa shape index (κ1) is 11.9. The minimum atomic E-state index is -4.39. The van der Waals surface area contributed by atoms with E-state index in [1.165, 1.54) is 6.92 Å². The number of hydrogen-bond donors (Lipinski definition) is 2. The van der Waals surface area contributed by atoms with E-state index in [4.69, 9.17) is 10.8 Å². The maximum Gasteiger partial charge on any atom is 0.396 e. The lowest BCUT2D eigenvalue weighted by Gasteiger charge is -2.08. The fraction of sp³-hybridized carbons (Fsp3) is 0.714. The normalized spacial score (nSPS) is 16.4. The van der Waals surface area contributed by atoms with Gasteiger partial charge >= 0.3 is 6.18 Å². The van der Waals surface area contributed by atoms with Crippen LogP contribution in [-0.4, -0.2) is 27.5 Å². The van der Waals surface area contributed by atoms with Gasteiger partial charge in [0, 0.05) is 0 Å². The summed E-state index contributed by atoms with van der Waals surface area (Å²) in [5.41, 5.74) is 5.39. The molecule has 15 heavy (non-hydrogen) atoms. The van der Waals surface area contributed by atoms with Gasteiger partial charge in [-0.1, -0.05) is 5.16 Å². The standard InChI is InChI=1S/C7H10F3N3O2/c1-3(14)5(11)6-12-4(13-15-6)2-7(8,9)10/h3,5,14H,2,11H2,1H3. The lowest BCUT2D eigenvalue weighted by molar-refractivity contribution is -0.128. The van der Waals surface area contributed by atoms with Crippen LogP contribution in [0.3, 0.4) is 0 Å². The van der Waals surface area contributed by atoms with Gasteiger partial charge in [0.15, 0.2) is 5.82 Å². The molecule has 1 rings (SSSR count). The SMILES string of the molecule is CC(O)C(N)c1nc(CC(F)(F)F)no1. The average molecular weight is 225 g/mol. The molecular formula is C7H10F3N3O2. The summed E-state index contributed by atoms with van der Waals surface area (Å²) in [6.07, 6.45) is -6.64. The molecule has 0 radical (unpaired) electrons. The van der Waals surface area contributed by atoms with Gasteiger partial charge in [0.25, 0.3) is 0 Å². The van der Waals surface area contributed by atoms with Crippen molar-refractivity contribution < 1.29 is 22.8 Å². The fourth-order valence-electron chi connectivity index (χ4n) is 0.860. The van der Waals surface area contributed by atoms with Crippen LogP contribution < -0.4 is 5.73 Å². The van der Waals surface area contributed by atoms with Crippen molar-refractivity contribution >= 4 is 0 Å². The topological polar surface area (TPSA) is 85.2 Å². The zero-order valence-electron chi connectivity index (χ0n) is 7.82. The minimum absolute atomic E-state index is 0.204. The third-order valence-electron chi connectivity index (χ3n) is 1.65. The van der Waals surface area contributed by atoms with Crippen LogP contribution in [-0.2, 0) is 6.42 Å². The molecule has 3 N–H and O–H groups in total. The van der Waals surface area contributed by atoms with E-state index in [-0.39, 0.29) is 5.89 Å². The van der Waals surface area contributed by atoms with E-state index in [0.29, 0.717) is 0 Å². The zero-order valence-corrected chi connectivity index (χ0v) is 7.82. The predicted octanol–water partition coefficient (Wildman–Crippen LogP) is 0.555. The Balaban J connectivity index is 2.72. The van der Waals surface area contributed by atoms with Crippen molar-refractivity contribution in [1.82, 2.24) is 10.1 Å². The van der Waals surface area contributed by atoms with E-state index in [0.717, 1.165) is 0 Å². The molecule has 1 aromatic heterocycles. The number of nitrogens with zero attached hydrogens (tertiary/aromatic N) is 2. The Morgan fingerprint density at radius 3 is 2.60 bits per heavy atom. The summed E-state index contributed by atoms with van der Waals surface area (Å²) in [4.78, 5) is 3.43. The molecule has 86 valence electrons. The van der Waals surface area contributed by atoms with Crippen molar-refractivity contribution in [2.75, 3.05) is 0 Å². The van der Waals surface area contributed by atoms with Crippen LogP contribution in [0.1, 0.15) is 24.7 Å². The molecule has 0 amide bonds. The Morgan fingerprint density at radius 2 is 2.13 bits per heavy atom. The summed E-state index contributed by atoms with van der Waals surface area (Å²) < 4.78 is 40.2. The Kier molecular flexibility index (Phi) is 3.30. The molecule has 0 fully saturated rings. The van der Waals surface area contributed by atoms with Crippen molar-refractivity contribution in [3.8, 4) is 0 Å². The zero-order chi connectivity index (χ0) is 11.6. The van der Waals surface area contributed by atoms with Gasteiger partial charge in [-0.05, 0) is 6.92 Å². The van der Waals surface area contributed by atoms with Gasteiger partial charge in [-0.2, -0.15) is 18.2 Å². The molecule has 1 heterocycles. The Labute approximate surface area is 83.1 Å². The first-order valence-corrected chi connectivity index (χ1v) is 4.12. The molecule has 0 aliphatic carbocycles. The quantitative estimate of drug-likeness (QED) is 0.784. The first-order valence-electron chi connectivity index (χ1n) is 4.12. The molecule has 0 aliphatic rings. The van der Waals surface area contributed by atoms with Crippen molar-refractivity contribution in [3.63, 3.8) is 0 Å².